The molecule has 1 aromatic heterocycles. The van der Waals surface area contributed by atoms with Crippen LogP contribution < -0.4 is 5.32 Å². The Hall–Kier alpha value is -2.18. The van der Waals surface area contributed by atoms with Crippen molar-refractivity contribution >= 4 is 5.91 Å². The predicted octanol–water partition coefficient (Wildman–Crippen LogP) is 0.727. The molecule has 1 aliphatic rings. The Labute approximate surface area is 142 Å². The van der Waals surface area contributed by atoms with Crippen LogP contribution in [-0.2, 0) is 24.3 Å². The molecule has 2 N–H and O–H groups in total. The highest BCUT2D eigenvalue weighted by molar-refractivity contribution is 5.82. The van der Waals surface area contributed by atoms with E-state index in [0.29, 0.717) is 26.1 Å². The number of hydrogen-bond acceptors (Lipinski definition) is 4. The molecule has 1 aliphatic heterocycles. The lowest BCUT2D eigenvalue weighted by molar-refractivity contribution is -0.129. The molecule has 1 saturated heterocycles. The first-order valence-electron chi connectivity index (χ1n) is 8.37. The average molecular weight is 328 g/mol. The zero-order valence-corrected chi connectivity index (χ0v) is 14.0. The average Bonchev–Trinajstić information content (AvgIpc) is 2.92. The highest BCUT2D eigenvalue weighted by atomic mass is 16.3. The van der Waals surface area contributed by atoms with Gasteiger partial charge in [-0.1, -0.05) is 30.3 Å². The van der Waals surface area contributed by atoms with Gasteiger partial charge in [0.2, 0.25) is 5.91 Å². The lowest BCUT2D eigenvalue weighted by atomic mass is 10.0. The zero-order chi connectivity index (χ0) is 16.9. The lowest BCUT2D eigenvalue weighted by Crippen LogP contribution is -2.55. The molecule has 0 aliphatic carbocycles. The minimum Gasteiger partial charge on any atom is -0.394 e. The number of piperazine rings is 1. The van der Waals surface area contributed by atoms with Crippen LogP contribution in [0.5, 0.6) is 0 Å². The van der Waals surface area contributed by atoms with Gasteiger partial charge in [-0.15, -0.1) is 0 Å². The van der Waals surface area contributed by atoms with Gasteiger partial charge >= 0.3 is 0 Å². The second kappa shape index (κ2) is 7.59. The van der Waals surface area contributed by atoms with E-state index in [0.717, 1.165) is 23.4 Å². The quantitative estimate of drug-likeness (QED) is 0.820. The van der Waals surface area contributed by atoms with Crippen molar-refractivity contribution in [2.24, 2.45) is 0 Å². The molecule has 0 bridgehead atoms. The molecule has 0 radical (unpaired) electrons. The predicted molar refractivity (Wildman–Crippen MR) is 91.4 cm³/mol. The Morgan fingerprint density at radius 1 is 1.33 bits per heavy atom. The maximum atomic E-state index is 12.4. The Morgan fingerprint density at radius 3 is 2.88 bits per heavy atom. The van der Waals surface area contributed by atoms with Gasteiger partial charge in [0.1, 0.15) is 0 Å². The third-order valence-corrected chi connectivity index (χ3v) is 4.46. The largest absolute Gasteiger partial charge is 0.394 e. The smallest absolute Gasteiger partial charge is 0.237 e. The molecule has 1 amide bonds. The molecule has 3 rings (SSSR count). The van der Waals surface area contributed by atoms with Gasteiger partial charge in [-0.25, -0.2) is 0 Å². The fraction of sp³-hybridized carbons (Fsp3) is 0.444. The van der Waals surface area contributed by atoms with E-state index in [4.69, 9.17) is 5.11 Å². The van der Waals surface area contributed by atoms with E-state index in [-0.39, 0.29) is 18.6 Å². The highest BCUT2D eigenvalue weighted by Crippen LogP contribution is 2.17. The lowest BCUT2D eigenvalue weighted by Gasteiger charge is -2.35. The van der Waals surface area contributed by atoms with E-state index in [9.17, 15) is 4.79 Å². The monoisotopic (exact) mass is 328 g/mol. The normalized spacial score (nSPS) is 18.6. The number of carbonyl (C=O) groups is 1. The number of carbonyl (C=O) groups excluding carboxylic acids is 1. The van der Waals surface area contributed by atoms with Gasteiger partial charge in [0, 0.05) is 31.4 Å². The summed E-state index contributed by atoms with van der Waals surface area (Å²) in [5.41, 5.74) is 3.22. The Kier molecular flexibility index (Phi) is 5.27. The number of rotatable bonds is 6. The first kappa shape index (κ1) is 16.7. The van der Waals surface area contributed by atoms with Gasteiger partial charge in [-0.05, 0) is 18.9 Å². The van der Waals surface area contributed by atoms with Crippen molar-refractivity contribution in [3.63, 3.8) is 0 Å². The Bertz CT molecular complexity index is 684. The number of amides is 1. The van der Waals surface area contributed by atoms with E-state index in [1.165, 1.54) is 0 Å². The number of aryl methyl sites for hydroxylation is 1. The number of benzene rings is 1. The fourth-order valence-electron chi connectivity index (χ4n) is 3.16. The third kappa shape index (κ3) is 3.83. The van der Waals surface area contributed by atoms with Gasteiger partial charge in [-0.2, -0.15) is 5.10 Å². The van der Waals surface area contributed by atoms with Crippen molar-refractivity contribution in [2.45, 2.75) is 32.5 Å². The molecule has 6 heteroatoms. The number of aromatic nitrogens is 2. The molecule has 0 spiro atoms. The second-order valence-electron chi connectivity index (χ2n) is 6.19. The maximum Gasteiger partial charge on any atom is 0.237 e. The first-order valence-corrected chi connectivity index (χ1v) is 8.37. The van der Waals surface area contributed by atoms with Crippen LogP contribution in [0.3, 0.4) is 0 Å². The number of aliphatic hydroxyl groups is 1. The van der Waals surface area contributed by atoms with Crippen LogP contribution in [0.1, 0.15) is 16.8 Å². The molecule has 6 nitrogen and oxygen atoms in total. The van der Waals surface area contributed by atoms with E-state index in [1.807, 2.05) is 31.3 Å². The summed E-state index contributed by atoms with van der Waals surface area (Å²) in [4.78, 5) is 14.6. The molecule has 0 unspecified atom stereocenters. The summed E-state index contributed by atoms with van der Waals surface area (Å²) in [6.45, 7) is 4.74. The van der Waals surface area contributed by atoms with Crippen molar-refractivity contribution < 1.29 is 9.90 Å². The van der Waals surface area contributed by atoms with Crippen LogP contribution in [0.15, 0.2) is 36.5 Å². The minimum absolute atomic E-state index is 0.0727. The number of nitrogens with one attached hydrogen (secondary N) is 1. The molecule has 24 heavy (non-hydrogen) atoms. The summed E-state index contributed by atoms with van der Waals surface area (Å²) in [7, 11) is 0. The van der Waals surface area contributed by atoms with Crippen LogP contribution in [0, 0.1) is 6.92 Å². The summed E-state index contributed by atoms with van der Waals surface area (Å²) in [6.07, 6.45) is 2.67. The number of nitrogens with zero attached hydrogens (tertiary/aromatic N) is 3. The van der Waals surface area contributed by atoms with Crippen molar-refractivity contribution in [1.29, 1.82) is 0 Å². The summed E-state index contributed by atoms with van der Waals surface area (Å²) in [5, 5.41) is 16.5. The van der Waals surface area contributed by atoms with Gasteiger partial charge in [-0.3, -0.25) is 14.4 Å². The third-order valence-electron chi connectivity index (χ3n) is 4.46. The topological polar surface area (TPSA) is 70.4 Å². The van der Waals surface area contributed by atoms with E-state index in [1.54, 1.807) is 4.68 Å². The highest BCUT2D eigenvalue weighted by Gasteiger charge is 2.30. The van der Waals surface area contributed by atoms with Crippen LogP contribution in [0.25, 0.3) is 0 Å². The second-order valence-corrected chi connectivity index (χ2v) is 6.19. The van der Waals surface area contributed by atoms with Crippen LogP contribution in [0.4, 0.5) is 0 Å². The molecule has 1 aromatic carbocycles. The minimum atomic E-state index is -0.165. The van der Waals surface area contributed by atoms with Gasteiger partial charge < -0.3 is 10.4 Å². The molecular weight excluding hydrogens is 304 g/mol. The fourth-order valence-corrected chi connectivity index (χ4v) is 3.16. The van der Waals surface area contributed by atoms with Gasteiger partial charge in [0.05, 0.1) is 24.9 Å². The summed E-state index contributed by atoms with van der Waals surface area (Å²) in [6, 6.07) is 9.95. The van der Waals surface area contributed by atoms with Crippen molar-refractivity contribution in [3.05, 3.63) is 53.3 Å². The maximum absolute atomic E-state index is 12.4. The molecular formula is C18H24N4O2. The molecule has 0 saturated carbocycles. The SMILES string of the molecule is Cc1nn(CCO)cc1CN1CCNC(=O)[C@H]1Cc1ccccc1. The molecule has 128 valence electrons. The number of aliphatic hydroxyl groups excluding tert-OH is 1. The van der Waals surface area contributed by atoms with Crippen molar-refractivity contribution in [2.75, 3.05) is 19.7 Å². The Balaban J connectivity index is 1.75. The summed E-state index contributed by atoms with van der Waals surface area (Å²) >= 11 is 0. The van der Waals surface area contributed by atoms with Crippen LogP contribution >= 0.6 is 0 Å². The van der Waals surface area contributed by atoms with E-state index < -0.39 is 0 Å². The van der Waals surface area contributed by atoms with Gasteiger partial charge in [0.25, 0.3) is 0 Å². The van der Waals surface area contributed by atoms with Crippen molar-refractivity contribution in [3.8, 4) is 0 Å². The van der Waals surface area contributed by atoms with Crippen LogP contribution in [-0.4, -0.2) is 51.4 Å². The molecule has 1 fully saturated rings. The molecule has 1 atom stereocenters. The van der Waals surface area contributed by atoms with Crippen LogP contribution in [0.2, 0.25) is 0 Å². The Morgan fingerprint density at radius 2 is 2.12 bits per heavy atom. The first-order chi connectivity index (χ1) is 11.7. The summed E-state index contributed by atoms with van der Waals surface area (Å²) < 4.78 is 1.76. The molecule has 2 heterocycles. The van der Waals surface area contributed by atoms with Gasteiger partial charge in [0.15, 0.2) is 0 Å². The zero-order valence-electron chi connectivity index (χ0n) is 14.0. The number of hydrogen-bond donors (Lipinski definition) is 2. The molecule has 2 aromatic rings. The van der Waals surface area contributed by atoms with E-state index in [2.05, 4.69) is 27.4 Å². The standard InChI is InChI=1S/C18H24N4O2/c1-14-16(13-22(20-14)9-10-23)12-21-8-7-19-18(24)17(21)11-15-5-3-2-4-6-15/h2-6,13,17,23H,7-12H2,1H3,(H,19,24)/t17-/m1/s1. The summed E-state index contributed by atoms with van der Waals surface area (Å²) in [5.74, 6) is 0.0884. The van der Waals surface area contributed by atoms with E-state index >= 15 is 0 Å². The van der Waals surface area contributed by atoms with Crippen molar-refractivity contribution in [1.82, 2.24) is 20.0 Å².